The SMILES string of the molecule is CCOC(=O)c1ccc(N2CCOCC2)c(NC(=O)c2c(-c3c(Cl)cccc3Cl)noc2C)c1. The maximum Gasteiger partial charge on any atom is 0.338 e. The zero-order valence-electron chi connectivity index (χ0n) is 18.7. The predicted molar refractivity (Wildman–Crippen MR) is 130 cm³/mol. The maximum atomic E-state index is 13.5. The fourth-order valence-electron chi connectivity index (χ4n) is 3.78. The number of rotatable bonds is 6. The summed E-state index contributed by atoms with van der Waals surface area (Å²) in [5.41, 5.74) is 2.38. The Hall–Kier alpha value is -3.07. The minimum absolute atomic E-state index is 0.199. The topological polar surface area (TPSA) is 93.9 Å². The van der Waals surface area contributed by atoms with Gasteiger partial charge in [-0.2, -0.15) is 0 Å². The number of nitrogens with zero attached hydrogens (tertiary/aromatic N) is 2. The smallest absolute Gasteiger partial charge is 0.338 e. The summed E-state index contributed by atoms with van der Waals surface area (Å²) >= 11 is 12.7. The van der Waals surface area contributed by atoms with Crippen LogP contribution in [0.1, 0.15) is 33.4 Å². The molecule has 0 atom stereocenters. The molecule has 2 heterocycles. The Morgan fingerprint density at radius 1 is 1.15 bits per heavy atom. The number of morpholine rings is 1. The van der Waals surface area contributed by atoms with E-state index in [2.05, 4.69) is 15.4 Å². The molecule has 1 N–H and O–H groups in total. The van der Waals surface area contributed by atoms with E-state index in [9.17, 15) is 9.59 Å². The van der Waals surface area contributed by atoms with E-state index in [1.807, 2.05) is 0 Å². The van der Waals surface area contributed by atoms with Crippen LogP contribution in [0.25, 0.3) is 11.3 Å². The van der Waals surface area contributed by atoms with Gasteiger partial charge in [0.25, 0.3) is 5.91 Å². The molecule has 3 aromatic rings. The molecule has 1 aromatic heterocycles. The highest BCUT2D eigenvalue weighted by molar-refractivity contribution is 6.39. The van der Waals surface area contributed by atoms with Gasteiger partial charge in [0.2, 0.25) is 0 Å². The van der Waals surface area contributed by atoms with Crippen LogP contribution in [0.3, 0.4) is 0 Å². The molecule has 0 spiro atoms. The summed E-state index contributed by atoms with van der Waals surface area (Å²) in [7, 11) is 0. The zero-order chi connectivity index (χ0) is 24.2. The van der Waals surface area contributed by atoms with E-state index in [-0.39, 0.29) is 17.9 Å². The molecule has 1 amide bonds. The van der Waals surface area contributed by atoms with Gasteiger partial charge in [0.05, 0.1) is 46.8 Å². The first-order valence-electron chi connectivity index (χ1n) is 10.8. The van der Waals surface area contributed by atoms with Crippen molar-refractivity contribution in [1.29, 1.82) is 0 Å². The number of benzene rings is 2. The number of carbonyl (C=O) groups excluding carboxylic acids is 2. The monoisotopic (exact) mass is 503 g/mol. The van der Waals surface area contributed by atoms with E-state index in [1.165, 1.54) is 0 Å². The number of halogens is 2. The molecule has 0 saturated carbocycles. The van der Waals surface area contributed by atoms with Gasteiger partial charge < -0.3 is 24.2 Å². The lowest BCUT2D eigenvalue weighted by molar-refractivity contribution is 0.0526. The summed E-state index contributed by atoms with van der Waals surface area (Å²) in [5, 5.41) is 7.65. The molecule has 1 fully saturated rings. The van der Waals surface area contributed by atoms with Gasteiger partial charge in [-0.05, 0) is 44.2 Å². The van der Waals surface area contributed by atoms with Crippen molar-refractivity contribution in [2.24, 2.45) is 0 Å². The number of anilines is 2. The number of aromatic nitrogens is 1. The first kappa shape index (κ1) is 24.1. The van der Waals surface area contributed by atoms with Crippen LogP contribution in [-0.4, -0.2) is 49.9 Å². The number of esters is 1. The fraction of sp³-hybridized carbons (Fsp3) is 0.292. The third-order valence-electron chi connectivity index (χ3n) is 5.40. The Labute approximate surface area is 206 Å². The van der Waals surface area contributed by atoms with Crippen molar-refractivity contribution in [2.75, 3.05) is 43.1 Å². The number of nitrogens with one attached hydrogen (secondary N) is 1. The molecular weight excluding hydrogens is 481 g/mol. The molecule has 0 unspecified atom stereocenters. The molecule has 1 aliphatic rings. The van der Waals surface area contributed by atoms with Crippen LogP contribution in [0.4, 0.5) is 11.4 Å². The lowest BCUT2D eigenvalue weighted by Crippen LogP contribution is -2.36. The van der Waals surface area contributed by atoms with Crippen molar-refractivity contribution in [3.63, 3.8) is 0 Å². The Bertz CT molecular complexity index is 1200. The molecular formula is C24H23Cl2N3O5. The summed E-state index contributed by atoms with van der Waals surface area (Å²) in [6, 6.07) is 10.1. The van der Waals surface area contributed by atoms with E-state index in [0.29, 0.717) is 58.9 Å². The number of hydrogen-bond donors (Lipinski definition) is 1. The van der Waals surface area contributed by atoms with Crippen LogP contribution < -0.4 is 10.2 Å². The third-order valence-corrected chi connectivity index (χ3v) is 6.03. The molecule has 8 nitrogen and oxygen atoms in total. The first-order valence-corrected chi connectivity index (χ1v) is 11.5. The van der Waals surface area contributed by atoms with E-state index in [4.69, 9.17) is 37.2 Å². The molecule has 178 valence electrons. The molecule has 34 heavy (non-hydrogen) atoms. The molecule has 0 bridgehead atoms. The van der Waals surface area contributed by atoms with Crippen molar-refractivity contribution in [3.8, 4) is 11.3 Å². The number of ether oxygens (including phenoxy) is 2. The normalized spacial score (nSPS) is 13.6. The lowest BCUT2D eigenvalue weighted by atomic mass is 10.0. The van der Waals surface area contributed by atoms with Crippen LogP contribution >= 0.6 is 23.2 Å². The van der Waals surface area contributed by atoms with E-state index < -0.39 is 11.9 Å². The van der Waals surface area contributed by atoms with Crippen molar-refractivity contribution >= 4 is 46.5 Å². The van der Waals surface area contributed by atoms with Crippen molar-refractivity contribution < 1.29 is 23.6 Å². The van der Waals surface area contributed by atoms with Gasteiger partial charge >= 0.3 is 5.97 Å². The van der Waals surface area contributed by atoms with Gasteiger partial charge in [0.1, 0.15) is 17.0 Å². The highest BCUT2D eigenvalue weighted by Crippen LogP contribution is 2.37. The summed E-state index contributed by atoms with van der Waals surface area (Å²) < 4.78 is 15.9. The number of amides is 1. The molecule has 0 radical (unpaired) electrons. The molecule has 1 saturated heterocycles. The van der Waals surface area contributed by atoms with Gasteiger partial charge in [-0.3, -0.25) is 4.79 Å². The Morgan fingerprint density at radius 3 is 2.53 bits per heavy atom. The van der Waals surface area contributed by atoms with Gasteiger partial charge in [-0.15, -0.1) is 0 Å². The van der Waals surface area contributed by atoms with Crippen LogP contribution in [0.5, 0.6) is 0 Å². The van der Waals surface area contributed by atoms with Gasteiger partial charge in [-0.25, -0.2) is 4.79 Å². The lowest BCUT2D eigenvalue weighted by Gasteiger charge is -2.30. The van der Waals surface area contributed by atoms with E-state index >= 15 is 0 Å². The summed E-state index contributed by atoms with van der Waals surface area (Å²) in [4.78, 5) is 27.9. The van der Waals surface area contributed by atoms with E-state index in [1.54, 1.807) is 50.2 Å². The zero-order valence-corrected chi connectivity index (χ0v) is 20.2. The predicted octanol–water partition coefficient (Wildman–Crippen LogP) is 5.22. The van der Waals surface area contributed by atoms with Gasteiger partial charge in [0, 0.05) is 18.7 Å². The second kappa shape index (κ2) is 10.5. The Morgan fingerprint density at radius 2 is 1.85 bits per heavy atom. The fourth-order valence-corrected chi connectivity index (χ4v) is 4.35. The Kier molecular flexibility index (Phi) is 7.41. The van der Waals surface area contributed by atoms with Gasteiger partial charge in [0.15, 0.2) is 0 Å². The van der Waals surface area contributed by atoms with Gasteiger partial charge in [-0.1, -0.05) is 34.4 Å². The average molecular weight is 504 g/mol. The summed E-state index contributed by atoms with van der Waals surface area (Å²) in [6.07, 6.45) is 0. The minimum atomic E-state index is -0.476. The largest absolute Gasteiger partial charge is 0.462 e. The Balaban J connectivity index is 1.73. The summed E-state index contributed by atoms with van der Waals surface area (Å²) in [6.45, 7) is 6.03. The highest BCUT2D eigenvalue weighted by atomic mass is 35.5. The van der Waals surface area contributed by atoms with Crippen molar-refractivity contribution in [3.05, 3.63) is 63.3 Å². The second-order valence-electron chi connectivity index (χ2n) is 7.56. The average Bonchev–Trinajstić information content (AvgIpc) is 3.20. The number of carbonyl (C=O) groups is 2. The van der Waals surface area contributed by atoms with Crippen LogP contribution in [-0.2, 0) is 9.47 Å². The molecule has 1 aliphatic heterocycles. The third kappa shape index (κ3) is 4.89. The highest BCUT2D eigenvalue weighted by Gasteiger charge is 2.26. The molecule has 10 heteroatoms. The molecule has 0 aliphatic carbocycles. The van der Waals surface area contributed by atoms with Crippen molar-refractivity contribution in [1.82, 2.24) is 5.16 Å². The van der Waals surface area contributed by atoms with Crippen LogP contribution in [0.15, 0.2) is 40.9 Å². The van der Waals surface area contributed by atoms with Crippen LogP contribution in [0, 0.1) is 6.92 Å². The standard InChI is InChI=1S/C24H23Cl2N3O5/c1-3-33-24(31)15-7-8-19(29-9-11-32-12-10-29)18(13-15)27-23(30)20-14(2)34-28-22(20)21-16(25)5-4-6-17(21)26/h4-8,13H,3,9-12H2,1-2H3,(H,27,30). The number of hydrogen-bond acceptors (Lipinski definition) is 7. The van der Waals surface area contributed by atoms with Crippen molar-refractivity contribution in [2.45, 2.75) is 13.8 Å². The maximum absolute atomic E-state index is 13.5. The van der Waals surface area contributed by atoms with E-state index in [0.717, 1.165) is 5.69 Å². The quantitative estimate of drug-likeness (QED) is 0.460. The first-order chi connectivity index (χ1) is 16.4. The summed E-state index contributed by atoms with van der Waals surface area (Å²) in [5.74, 6) is -0.644. The minimum Gasteiger partial charge on any atom is -0.462 e. The molecule has 4 rings (SSSR count). The second-order valence-corrected chi connectivity index (χ2v) is 8.38. The van der Waals surface area contributed by atoms with Crippen LogP contribution in [0.2, 0.25) is 10.0 Å². The number of aryl methyl sites for hydroxylation is 1. The molecule has 2 aromatic carbocycles.